The zero-order chi connectivity index (χ0) is 12.0. The molecule has 0 aromatic rings. The Balaban J connectivity index is 2.54. The fourth-order valence-corrected chi connectivity index (χ4v) is 3.38. The molecule has 0 aliphatic heterocycles. The average molecular weight is 225 g/mol. The van der Waals surface area contributed by atoms with E-state index in [2.05, 4.69) is 33.1 Å². The van der Waals surface area contributed by atoms with Crippen LogP contribution in [0.1, 0.15) is 65.7 Å². The number of rotatable bonds is 6. The normalized spacial score (nSPS) is 30.0. The highest BCUT2D eigenvalue weighted by Crippen LogP contribution is 2.36. The van der Waals surface area contributed by atoms with Gasteiger partial charge in [-0.2, -0.15) is 0 Å². The van der Waals surface area contributed by atoms with Crippen molar-refractivity contribution in [2.75, 3.05) is 7.05 Å². The van der Waals surface area contributed by atoms with E-state index >= 15 is 0 Å². The summed E-state index contributed by atoms with van der Waals surface area (Å²) >= 11 is 0. The van der Waals surface area contributed by atoms with Gasteiger partial charge in [0.25, 0.3) is 0 Å². The Labute approximate surface area is 102 Å². The van der Waals surface area contributed by atoms with Gasteiger partial charge < -0.3 is 5.32 Å². The van der Waals surface area contributed by atoms with Gasteiger partial charge in [0.15, 0.2) is 0 Å². The van der Waals surface area contributed by atoms with Gasteiger partial charge in [0.2, 0.25) is 0 Å². The van der Waals surface area contributed by atoms with Crippen molar-refractivity contribution < 1.29 is 0 Å². The van der Waals surface area contributed by atoms with Crippen LogP contribution in [0.3, 0.4) is 0 Å². The molecule has 1 rings (SSSR count). The van der Waals surface area contributed by atoms with Crippen molar-refractivity contribution in [1.82, 2.24) is 5.32 Å². The fourth-order valence-electron chi connectivity index (χ4n) is 3.38. The SMILES string of the molecule is CCC(C)CC(NC)C1CCCCC1CC. The molecule has 0 aromatic heterocycles. The van der Waals surface area contributed by atoms with Crippen molar-refractivity contribution in [2.24, 2.45) is 17.8 Å². The van der Waals surface area contributed by atoms with Crippen LogP contribution in [0.5, 0.6) is 0 Å². The molecule has 1 nitrogen and oxygen atoms in total. The zero-order valence-corrected chi connectivity index (χ0v) is 11.8. The van der Waals surface area contributed by atoms with E-state index in [1.54, 1.807) is 0 Å². The van der Waals surface area contributed by atoms with Crippen LogP contribution in [-0.2, 0) is 0 Å². The Morgan fingerprint density at radius 1 is 1.19 bits per heavy atom. The Hall–Kier alpha value is -0.0400. The van der Waals surface area contributed by atoms with E-state index in [-0.39, 0.29) is 0 Å². The van der Waals surface area contributed by atoms with Crippen LogP contribution in [0, 0.1) is 17.8 Å². The summed E-state index contributed by atoms with van der Waals surface area (Å²) in [6.07, 6.45) is 9.92. The molecule has 0 heterocycles. The second-order valence-electron chi connectivity index (χ2n) is 5.76. The van der Waals surface area contributed by atoms with Gasteiger partial charge in [0.05, 0.1) is 0 Å². The second-order valence-corrected chi connectivity index (χ2v) is 5.76. The molecule has 0 aromatic carbocycles. The first-order chi connectivity index (χ1) is 7.72. The van der Waals surface area contributed by atoms with E-state index in [0.29, 0.717) is 0 Å². The van der Waals surface area contributed by atoms with Gasteiger partial charge in [-0.15, -0.1) is 0 Å². The first-order valence-corrected chi connectivity index (χ1v) is 7.40. The molecule has 4 unspecified atom stereocenters. The minimum absolute atomic E-state index is 0.764. The van der Waals surface area contributed by atoms with Gasteiger partial charge in [-0.05, 0) is 37.6 Å². The highest BCUT2D eigenvalue weighted by Gasteiger charge is 2.30. The van der Waals surface area contributed by atoms with Crippen molar-refractivity contribution in [1.29, 1.82) is 0 Å². The van der Waals surface area contributed by atoms with E-state index in [1.807, 2.05) is 0 Å². The Bertz CT molecular complexity index is 178. The lowest BCUT2D eigenvalue weighted by Crippen LogP contribution is -2.40. The first-order valence-electron chi connectivity index (χ1n) is 7.40. The van der Waals surface area contributed by atoms with Crippen molar-refractivity contribution in [3.05, 3.63) is 0 Å². The molecule has 4 atom stereocenters. The van der Waals surface area contributed by atoms with Crippen LogP contribution >= 0.6 is 0 Å². The lowest BCUT2D eigenvalue weighted by atomic mass is 9.72. The van der Waals surface area contributed by atoms with Crippen LogP contribution in [0.4, 0.5) is 0 Å². The lowest BCUT2D eigenvalue weighted by molar-refractivity contribution is 0.163. The fraction of sp³-hybridized carbons (Fsp3) is 1.00. The van der Waals surface area contributed by atoms with Gasteiger partial charge in [0.1, 0.15) is 0 Å². The molecular weight excluding hydrogens is 194 g/mol. The van der Waals surface area contributed by atoms with E-state index < -0.39 is 0 Å². The summed E-state index contributed by atoms with van der Waals surface area (Å²) in [5, 5.41) is 3.60. The van der Waals surface area contributed by atoms with Gasteiger partial charge in [-0.3, -0.25) is 0 Å². The predicted molar refractivity (Wildman–Crippen MR) is 72.7 cm³/mol. The molecule has 0 bridgehead atoms. The molecule has 1 fully saturated rings. The highest BCUT2D eigenvalue weighted by atomic mass is 14.9. The van der Waals surface area contributed by atoms with Gasteiger partial charge in [-0.1, -0.05) is 52.9 Å². The first kappa shape index (κ1) is 14.0. The molecule has 0 spiro atoms. The molecule has 1 aliphatic rings. The Morgan fingerprint density at radius 3 is 2.44 bits per heavy atom. The highest BCUT2D eigenvalue weighted by molar-refractivity contribution is 4.84. The summed E-state index contributed by atoms with van der Waals surface area (Å²) in [6.45, 7) is 7.09. The maximum atomic E-state index is 3.60. The Kier molecular flexibility index (Phi) is 6.41. The summed E-state index contributed by atoms with van der Waals surface area (Å²) in [5.74, 6) is 2.80. The number of hydrogen-bond donors (Lipinski definition) is 1. The van der Waals surface area contributed by atoms with E-state index in [0.717, 1.165) is 23.8 Å². The third-order valence-electron chi connectivity index (χ3n) is 4.73. The minimum atomic E-state index is 0.764. The molecule has 0 saturated heterocycles. The topological polar surface area (TPSA) is 12.0 Å². The van der Waals surface area contributed by atoms with Crippen molar-refractivity contribution in [3.8, 4) is 0 Å². The third kappa shape index (κ3) is 3.76. The monoisotopic (exact) mass is 225 g/mol. The summed E-state index contributed by atoms with van der Waals surface area (Å²) < 4.78 is 0. The molecule has 16 heavy (non-hydrogen) atoms. The molecule has 0 amide bonds. The molecule has 1 N–H and O–H groups in total. The van der Waals surface area contributed by atoms with E-state index in [9.17, 15) is 0 Å². The second kappa shape index (κ2) is 7.32. The lowest BCUT2D eigenvalue weighted by Gasteiger charge is -2.37. The van der Waals surface area contributed by atoms with Gasteiger partial charge in [-0.25, -0.2) is 0 Å². The average Bonchev–Trinajstić information content (AvgIpc) is 2.35. The molecular formula is C15H31N. The molecule has 96 valence electrons. The minimum Gasteiger partial charge on any atom is -0.317 e. The molecule has 1 saturated carbocycles. The van der Waals surface area contributed by atoms with Crippen LogP contribution in [0.25, 0.3) is 0 Å². The van der Waals surface area contributed by atoms with Crippen molar-refractivity contribution in [3.63, 3.8) is 0 Å². The summed E-state index contributed by atoms with van der Waals surface area (Å²) in [5.41, 5.74) is 0. The van der Waals surface area contributed by atoms with Crippen molar-refractivity contribution >= 4 is 0 Å². The van der Waals surface area contributed by atoms with Crippen LogP contribution in [0.2, 0.25) is 0 Å². The smallest absolute Gasteiger partial charge is 0.00975 e. The van der Waals surface area contributed by atoms with Crippen molar-refractivity contribution in [2.45, 2.75) is 71.8 Å². The summed E-state index contributed by atoms with van der Waals surface area (Å²) in [4.78, 5) is 0. The third-order valence-corrected chi connectivity index (χ3v) is 4.73. The standard InChI is InChI=1S/C15H31N/c1-5-12(3)11-15(16-4)14-10-8-7-9-13(14)6-2/h12-16H,5-11H2,1-4H3. The molecule has 0 radical (unpaired) electrons. The Morgan fingerprint density at radius 2 is 1.88 bits per heavy atom. The van der Waals surface area contributed by atoms with E-state index in [4.69, 9.17) is 0 Å². The number of hydrogen-bond acceptors (Lipinski definition) is 1. The predicted octanol–water partition coefficient (Wildman–Crippen LogP) is 4.23. The van der Waals surface area contributed by atoms with Crippen LogP contribution in [-0.4, -0.2) is 13.1 Å². The van der Waals surface area contributed by atoms with E-state index in [1.165, 1.54) is 44.9 Å². The maximum absolute atomic E-state index is 3.60. The maximum Gasteiger partial charge on any atom is 0.00975 e. The number of nitrogens with one attached hydrogen (secondary N) is 1. The van der Waals surface area contributed by atoms with Crippen LogP contribution < -0.4 is 5.32 Å². The zero-order valence-electron chi connectivity index (χ0n) is 11.8. The van der Waals surface area contributed by atoms with Gasteiger partial charge in [0, 0.05) is 6.04 Å². The summed E-state index contributed by atoms with van der Waals surface area (Å²) in [7, 11) is 2.16. The largest absolute Gasteiger partial charge is 0.317 e. The van der Waals surface area contributed by atoms with Gasteiger partial charge >= 0.3 is 0 Å². The van der Waals surface area contributed by atoms with Crippen LogP contribution in [0.15, 0.2) is 0 Å². The summed E-state index contributed by atoms with van der Waals surface area (Å²) in [6, 6.07) is 0.764. The quantitative estimate of drug-likeness (QED) is 0.713. The molecule has 1 aliphatic carbocycles. The molecule has 1 heteroatoms.